The molecular weight excluding hydrogens is 380 g/mol. The minimum atomic E-state index is -0.629. The maximum Gasteiger partial charge on any atom is 0.255 e. The molecule has 2 aromatic rings. The Morgan fingerprint density at radius 1 is 1.38 bits per heavy atom. The number of carbonyl (C=O) groups is 1. The highest BCUT2D eigenvalue weighted by Crippen LogP contribution is 2.40. The second-order valence-electron chi connectivity index (χ2n) is 4.55. The van der Waals surface area contributed by atoms with Crippen LogP contribution in [0, 0.1) is 11.3 Å². The molecule has 0 saturated heterocycles. The van der Waals surface area contributed by atoms with Crippen LogP contribution in [0.3, 0.4) is 0 Å². The van der Waals surface area contributed by atoms with E-state index in [2.05, 4.69) is 25.9 Å². The Labute approximate surface area is 145 Å². The number of nitrogen functional groups attached to an aromatic ring is 2. The average Bonchev–Trinajstić information content (AvgIpc) is 2.52. The van der Waals surface area contributed by atoms with E-state index in [1.165, 1.54) is 7.11 Å². The van der Waals surface area contributed by atoms with E-state index in [1.54, 1.807) is 12.1 Å². The zero-order chi connectivity index (χ0) is 17.9. The zero-order valence-electron chi connectivity index (χ0n) is 12.5. The van der Waals surface area contributed by atoms with Gasteiger partial charge in [-0.05, 0) is 28.1 Å². The third kappa shape index (κ3) is 3.47. The number of aromatic nitrogens is 2. The van der Waals surface area contributed by atoms with Gasteiger partial charge in [-0.1, -0.05) is 0 Å². The van der Waals surface area contributed by atoms with E-state index < -0.39 is 5.91 Å². The van der Waals surface area contributed by atoms with Gasteiger partial charge < -0.3 is 26.7 Å². The predicted octanol–water partition coefficient (Wildman–Crippen LogP) is 0.815. The lowest BCUT2D eigenvalue weighted by atomic mass is 10.1. The first-order valence-electron chi connectivity index (χ1n) is 6.49. The molecule has 10 heteroatoms. The van der Waals surface area contributed by atoms with Crippen molar-refractivity contribution in [2.24, 2.45) is 5.73 Å². The van der Waals surface area contributed by atoms with Crippen LogP contribution in [0.4, 0.5) is 11.8 Å². The Balaban J connectivity index is 2.60. The number of primary amides is 1. The summed E-state index contributed by atoms with van der Waals surface area (Å²) >= 11 is 3.32. The first kappa shape index (κ1) is 17.3. The van der Waals surface area contributed by atoms with Crippen molar-refractivity contribution in [3.8, 4) is 28.8 Å². The van der Waals surface area contributed by atoms with Gasteiger partial charge >= 0.3 is 0 Å². The highest BCUT2D eigenvalue weighted by atomic mass is 79.9. The lowest BCUT2D eigenvalue weighted by Crippen LogP contribution is -2.20. The van der Waals surface area contributed by atoms with Crippen LogP contribution >= 0.6 is 15.9 Å². The first-order valence-corrected chi connectivity index (χ1v) is 7.28. The summed E-state index contributed by atoms with van der Waals surface area (Å²) in [7, 11) is 1.43. The van der Waals surface area contributed by atoms with Crippen LogP contribution in [0.2, 0.25) is 0 Å². The van der Waals surface area contributed by atoms with Crippen molar-refractivity contribution in [2.75, 3.05) is 25.2 Å². The maximum atomic E-state index is 10.9. The van der Waals surface area contributed by atoms with Gasteiger partial charge in [-0.2, -0.15) is 10.2 Å². The SMILES string of the molecule is COc1cc(-c2nc(N)nc(N)c2C#N)cc(Br)c1OCC(N)=O. The number of rotatable bonds is 5. The molecule has 9 nitrogen and oxygen atoms in total. The number of nitrogens with two attached hydrogens (primary N) is 3. The molecule has 1 heterocycles. The molecule has 1 aromatic heterocycles. The molecule has 0 unspecified atom stereocenters. The molecule has 0 aliphatic carbocycles. The summed E-state index contributed by atoms with van der Waals surface area (Å²) in [5, 5.41) is 9.28. The molecule has 2 rings (SSSR count). The van der Waals surface area contributed by atoms with Gasteiger partial charge in [-0.3, -0.25) is 4.79 Å². The molecule has 124 valence electrons. The highest BCUT2D eigenvalue weighted by molar-refractivity contribution is 9.10. The molecule has 1 amide bonds. The molecule has 1 aromatic carbocycles. The number of hydrogen-bond acceptors (Lipinski definition) is 8. The summed E-state index contributed by atoms with van der Waals surface area (Å²) in [5.74, 6) is -0.125. The average molecular weight is 393 g/mol. The number of amides is 1. The number of benzene rings is 1. The summed E-state index contributed by atoms with van der Waals surface area (Å²) in [6, 6.07) is 5.15. The fourth-order valence-electron chi connectivity index (χ4n) is 1.96. The molecule has 0 fully saturated rings. The predicted molar refractivity (Wildman–Crippen MR) is 89.9 cm³/mol. The lowest BCUT2D eigenvalue weighted by molar-refractivity contribution is -0.119. The van der Waals surface area contributed by atoms with Crippen molar-refractivity contribution in [3.05, 3.63) is 22.2 Å². The second-order valence-corrected chi connectivity index (χ2v) is 5.40. The minimum Gasteiger partial charge on any atom is -0.493 e. The zero-order valence-corrected chi connectivity index (χ0v) is 14.1. The van der Waals surface area contributed by atoms with Crippen molar-refractivity contribution in [3.63, 3.8) is 0 Å². The maximum absolute atomic E-state index is 10.9. The fourth-order valence-corrected chi connectivity index (χ4v) is 2.51. The molecule has 6 N–H and O–H groups in total. The van der Waals surface area contributed by atoms with Gasteiger partial charge in [0.05, 0.1) is 17.3 Å². The molecule has 0 bridgehead atoms. The van der Waals surface area contributed by atoms with Crippen LogP contribution in [0.15, 0.2) is 16.6 Å². The minimum absolute atomic E-state index is 0.0239. The van der Waals surface area contributed by atoms with Crippen LogP contribution in [0.1, 0.15) is 5.56 Å². The molecule has 0 saturated carbocycles. The molecular formula is C14H13BrN6O3. The topological polar surface area (TPSA) is 163 Å². The lowest BCUT2D eigenvalue weighted by Gasteiger charge is -2.14. The first-order chi connectivity index (χ1) is 11.4. The van der Waals surface area contributed by atoms with Crippen molar-refractivity contribution in [2.45, 2.75) is 0 Å². The molecule has 0 spiro atoms. The van der Waals surface area contributed by atoms with Crippen molar-refractivity contribution in [1.29, 1.82) is 5.26 Å². The summed E-state index contributed by atoms with van der Waals surface area (Å²) in [6.07, 6.45) is 0. The Morgan fingerprint density at radius 3 is 2.67 bits per heavy atom. The standard InChI is InChI=1S/C14H13BrN6O3/c1-23-9-3-6(2-8(15)12(9)24-5-10(17)22)11-7(4-16)13(18)21-14(19)20-11/h2-3H,5H2,1H3,(H2,17,22)(H4,18,19,20,21). The van der Waals surface area contributed by atoms with Crippen LogP contribution < -0.4 is 26.7 Å². The Bertz CT molecular complexity index is 849. The van der Waals surface area contributed by atoms with E-state index in [4.69, 9.17) is 26.7 Å². The molecule has 24 heavy (non-hydrogen) atoms. The van der Waals surface area contributed by atoms with Crippen LogP contribution in [-0.4, -0.2) is 29.6 Å². The molecule has 0 radical (unpaired) electrons. The number of ether oxygens (including phenoxy) is 2. The van der Waals surface area contributed by atoms with Gasteiger partial charge in [-0.25, -0.2) is 4.98 Å². The number of hydrogen-bond donors (Lipinski definition) is 3. The van der Waals surface area contributed by atoms with Crippen LogP contribution in [-0.2, 0) is 4.79 Å². The number of methoxy groups -OCH3 is 1. The third-order valence-corrected chi connectivity index (χ3v) is 3.52. The van der Waals surface area contributed by atoms with Crippen LogP contribution in [0.25, 0.3) is 11.3 Å². The summed E-state index contributed by atoms with van der Waals surface area (Å²) < 4.78 is 11.1. The molecule has 0 aliphatic rings. The summed E-state index contributed by atoms with van der Waals surface area (Å²) in [6.45, 7) is -0.314. The second kappa shape index (κ2) is 7.01. The van der Waals surface area contributed by atoms with Crippen molar-refractivity contribution in [1.82, 2.24) is 9.97 Å². The third-order valence-electron chi connectivity index (χ3n) is 2.93. The number of halogens is 1. The van der Waals surface area contributed by atoms with Gasteiger partial charge in [0.15, 0.2) is 18.1 Å². The summed E-state index contributed by atoms with van der Waals surface area (Å²) in [5.41, 5.74) is 17.2. The van der Waals surface area contributed by atoms with Crippen LogP contribution in [0.5, 0.6) is 11.5 Å². The van der Waals surface area contributed by atoms with Crippen molar-refractivity contribution < 1.29 is 14.3 Å². The Hall–Kier alpha value is -3.06. The number of carbonyl (C=O) groups excluding carboxylic acids is 1. The monoisotopic (exact) mass is 392 g/mol. The highest BCUT2D eigenvalue weighted by Gasteiger charge is 2.18. The fraction of sp³-hybridized carbons (Fsp3) is 0.143. The summed E-state index contributed by atoms with van der Waals surface area (Å²) in [4.78, 5) is 18.7. The molecule has 0 atom stereocenters. The van der Waals surface area contributed by atoms with E-state index in [9.17, 15) is 10.1 Å². The normalized spacial score (nSPS) is 10.0. The molecule has 0 aliphatic heterocycles. The number of nitrogens with zero attached hydrogens (tertiary/aromatic N) is 3. The van der Waals surface area contributed by atoms with Gasteiger partial charge in [0.25, 0.3) is 5.91 Å². The number of anilines is 2. The van der Waals surface area contributed by atoms with Gasteiger partial charge in [0.2, 0.25) is 5.95 Å². The Kier molecular flexibility index (Phi) is 5.05. The van der Waals surface area contributed by atoms with Gasteiger partial charge in [-0.15, -0.1) is 0 Å². The van der Waals surface area contributed by atoms with E-state index in [-0.39, 0.29) is 35.4 Å². The van der Waals surface area contributed by atoms with E-state index in [0.29, 0.717) is 15.8 Å². The smallest absolute Gasteiger partial charge is 0.255 e. The van der Waals surface area contributed by atoms with E-state index >= 15 is 0 Å². The number of nitriles is 1. The Morgan fingerprint density at radius 2 is 2.08 bits per heavy atom. The van der Waals surface area contributed by atoms with Crippen molar-refractivity contribution >= 4 is 33.6 Å². The van der Waals surface area contributed by atoms with E-state index in [0.717, 1.165) is 0 Å². The largest absolute Gasteiger partial charge is 0.493 e. The van der Waals surface area contributed by atoms with Gasteiger partial charge in [0, 0.05) is 5.56 Å². The van der Waals surface area contributed by atoms with E-state index in [1.807, 2.05) is 6.07 Å². The van der Waals surface area contributed by atoms with Gasteiger partial charge in [0.1, 0.15) is 17.5 Å². The quantitative estimate of drug-likeness (QED) is 0.672.